The fourth-order valence-corrected chi connectivity index (χ4v) is 2.31. The van der Waals surface area contributed by atoms with Crippen LogP contribution in [0.15, 0.2) is 48.5 Å². The normalized spacial score (nSPS) is 13.0. The molecular weight excluding hydrogens is 304 g/mol. The number of benzene rings is 2. The molecule has 0 saturated heterocycles. The van der Waals surface area contributed by atoms with Crippen LogP contribution in [-0.2, 0) is 4.79 Å². The van der Waals surface area contributed by atoms with Gasteiger partial charge in [-0.25, -0.2) is 0 Å². The maximum Gasteiger partial charge on any atom is 0.244 e. The molecule has 0 radical (unpaired) electrons. The summed E-state index contributed by atoms with van der Waals surface area (Å²) >= 11 is 0. The second-order valence-corrected chi connectivity index (χ2v) is 5.93. The second kappa shape index (κ2) is 7.84. The van der Waals surface area contributed by atoms with Crippen LogP contribution in [0.3, 0.4) is 0 Å². The van der Waals surface area contributed by atoms with Gasteiger partial charge in [-0.15, -0.1) is 0 Å². The van der Waals surface area contributed by atoms with E-state index in [2.05, 4.69) is 5.32 Å². The monoisotopic (exact) mass is 328 g/mol. The topological polar surface area (TPSA) is 73.6 Å². The van der Waals surface area contributed by atoms with Gasteiger partial charge >= 0.3 is 0 Å². The van der Waals surface area contributed by atoms with E-state index in [1.807, 2.05) is 25.1 Å². The van der Waals surface area contributed by atoms with E-state index in [1.54, 1.807) is 44.4 Å². The largest absolute Gasteiger partial charge is 0.497 e. The molecule has 0 aliphatic carbocycles. The van der Waals surface area contributed by atoms with Crippen LogP contribution in [0.25, 0.3) is 0 Å². The average molecular weight is 328 g/mol. The van der Waals surface area contributed by atoms with Gasteiger partial charge in [0, 0.05) is 11.8 Å². The Morgan fingerprint density at radius 2 is 1.79 bits per heavy atom. The summed E-state index contributed by atoms with van der Waals surface area (Å²) in [7, 11) is 1.61. The van der Waals surface area contributed by atoms with Crippen molar-refractivity contribution in [2.24, 2.45) is 5.73 Å². The Hall–Kier alpha value is -2.53. The first-order chi connectivity index (χ1) is 11.4. The number of carbonyl (C=O) groups excluding carboxylic acids is 1. The fraction of sp³-hybridized carbons (Fsp3) is 0.316. The molecule has 1 unspecified atom stereocenters. The fourth-order valence-electron chi connectivity index (χ4n) is 2.31. The summed E-state index contributed by atoms with van der Waals surface area (Å²) in [5.74, 6) is 1.90. The molecule has 2 aromatic rings. The maximum absolute atomic E-state index is 12.2. The highest BCUT2D eigenvalue weighted by atomic mass is 16.5. The molecule has 24 heavy (non-hydrogen) atoms. The molecule has 1 atom stereocenters. The summed E-state index contributed by atoms with van der Waals surface area (Å²) in [5.41, 5.74) is 5.84. The Morgan fingerprint density at radius 3 is 2.42 bits per heavy atom. The average Bonchev–Trinajstić information content (AvgIpc) is 2.56. The number of ether oxygens (including phenoxy) is 2. The van der Waals surface area contributed by atoms with Gasteiger partial charge in [0.1, 0.15) is 17.2 Å². The van der Waals surface area contributed by atoms with Gasteiger partial charge in [-0.3, -0.25) is 4.79 Å². The summed E-state index contributed by atoms with van der Waals surface area (Å²) in [6, 6.07) is 14.5. The SMILES string of the molecule is CCCC(C)(N)C(=O)Nc1ccc(Oc2cccc(OC)c2)cc1. The molecule has 5 nitrogen and oxygen atoms in total. The van der Waals surface area contributed by atoms with E-state index in [1.165, 1.54) is 0 Å². The first-order valence-corrected chi connectivity index (χ1v) is 7.97. The summed E-state index contributed by atoms with van der Waals surface area (Å²) in [6.45, 7) is 3.75. The zero-order chi connectivity index (χ0) is 17.6. The minimum Gasteiger partial charge on any atom is -0.497 e. The third-order valence-corrected chi connectivity index (χ3v) is 3.68. The number of rotatable bonds is 7. The van der Waals surface area contributed by atoms with Gasteiger partial charge in [0.25, 0.3) is 0 Å². The number of amides is 1. The van der Waals surface area contributed by atoms with Gasteiger partial charge < -0.3 is 20.5 Å². The predicted molar refractivity (Wildman–Crippen MR) is 95.6 cm³/mol. The van der Waals surface area contributed by atoms with Crippen LogP contribution in [0.5, 0.6) is 17.2 Å². The minimum atomic E-state index is -0.871. The van der Waals surface area contributed by atoms with Crippen LogP contribution in [0.4, 0.5) is 5.69 Å². The van der Waals surface area contributed by atoms with E-state index in [4.69, 9.17) is 15.2 Å². The molecule has 0 fully saturated rings. The zero-order valence-corrected chi connectivity index (χ0v) is 14.3. The lowest BCUT2D eigenvalue weighted by molar-refractivity contribution is -0.120. The predicted octanol–water partition coefficient (Wildman–Crippen LogP) is 3.94. The van der Waals surface area contributed by atoms with Gasteiger partial charge in [0.2, 0.25) is 5.91 Å². The van der Waals surface area contributed by atoms with E-state index in [0.717, 1.165) is 12.2 Å². The van der Waals surface area contributed by atoms with Crippen LogP contribution in [-0.4, -0.2) is 18.6 Å². The molecule has 0 aromatic heterocycles. The van der Waals surface area contributed by atoms with E-state index < -0.39 is 5.54 Å². The lowest BCUT2D eigenvalue weighted by Crippen LogP contribution is -2.48. The Bertz CT molecular complexity index is 681. The number of methoxy groups -OCH3 is 1. The summed E-state index contributed by atoms with van der Waals surface area (Å²) in [6.07, 6.45) is 1.49. The molecule has 0 saturated carbocycles. The van der Waals surface area contributed by atoms with Crippen LogP contribution >= 0.6 is 0 Å². The Kier molecular flexibility index (Phi) is 5.82. The lowest BCUT2D eigenvalue weighted by atomic mass is 9.96. The maximum atomic E-state index is 12.2. The number of anilines is 1. The molecule has 5 heteroatoms. The Balaban J connectivity index is 2.01. The smallest absolute Gasteiger partial charge is 0.244 e. The molecule has 0 spiro atoms. The second-order valence-electron chi connectivity index (χ2n) is 5.93. The Labute approximate surface area is 142 Å². The first kappa shape index (κ1) is 17.8. The molecular formula is C19H24N2O3. The van der Waals surface area contributed by atoms with Gasteiger partial charge in [0.15, 0.2) is 0 Å². The van der Waals surface area contributed by atoms with Crippen molar-refractivity contribution in [2.75, 3.05) is 12.4 Å². The third-order valence-electron chi connectivity index (χ3n) is 3.68. The van der Waals surface area contributed by atoms with Crippen molar-refractivity contribution < 1.29 is 14.3 Å². The van der Waals surface area contributed by atoms with Gasteiger partial charge in [0.05, 0.1) is 12.6 Å². The summed E-state index contributed by atoms with van der Waals surface area (Å²) in [4.78, 5) is 12.2. The van der Waals surface area contributed by atoms with E-state index in [9.17, 15) is 4.79 Å². The minimum absolute atomic E-state index is 0.189. The molecule has 3 N–H and O–H groups in total. The highest BCUT2D eigenvalue weighted by Crippen LogP contribution is 2.26. The van der Waals surface area contributed by atoms with Crippen molar-refractivity contribution in [3.63, 3.8) is 0 Å². The van der Waals surface area contributed by atoms with E-state index in [0.29, 0.717) is 23.6 Å². The van der Waals surface area contributed by atoms with Crippen LogP contribution in [0.2, 0.25) is 0 Å². The van der Waals surface area contributed by atoms with Crippen molar-refractivity contribution in [1.29, 1.82) is 0 Å². The highest BCUT2D eigenvalue weighted by molar-refractivity contribution is 5.97. The van der Waals surface area contributed by atoms with Crippen molar-refractivity contribution in [3.05, 3.63) is 48.5 Å². The molecule has 0 bridgehead atoms. The van der Waals surface area contributed by atoms with Gasteiger partial charge in [-0.2, -0.15) is 0 Å². The van der Waals surface area contributed by atoms with Crippen molar-refractivity contribution in [1.82, 2.24) is 0 Å². The van der Waals surface area contributed by atoms with Crippen LogP contribution < -0.4 is 20.5 Å². The molecule has 0 heterocycles. The molecule has 128 valence electrons. The molecule has 2 aromatic carbocycles. The van der Waals surface area contributed by atoms with Gasteiger partial charge in [-0.05, 0) is 49.7 Å². The van der Waals surface area contributed by atoms with Crippen molar-refractivity contribution in [2.45, 2.75) is 32.2 Å². The van der Waals surface area contributed by atoms with Crippen molar-refractivity contribution >= 4 is 11.6 Å². The highest BCUT2D eigenvalue weighted by Gasteiger charge is 2.27. The van der Waals surface area contributed by atoms with Gasteiger partial charge in [-0.1, -0.05) is 19.4 Å². The number of carbonyl (C=O) groups is 1. The van der Waals surface area contributed by atoms with Crippen LogP contribution in [0.1, 0.15) is 26.7 Å². The number of hydrogen-bond acceptors (Lipinski definition) is 4. The molecule has 2 rings (SSSR count). The molecule has 0 aliphatic heterocycles. The van der Waals surface area contributed by atoms with E-state index in [-0.39, 0.29) is 5.91 Å². The third kappa shape index (κ3) is 4.73. The zero-order valence-electron chi connectivity index (χ0n) is 14.3. The summed E-state index contributed by atoms with van der Waals surface area (Å²) < 4.78 is 10.9. The standard InChI is InChI=1S/C19H24N2O3/c1-4-12-19(2,20)18(22)21-14-8-10-15(11-9-14)24-17-7-5-6-16(13-17)23-3/h5-11,13H,4,12,20H2,1-3H3,(H,21,22). The molecule has 1 amide bonds. The Morgan fingerprint density at radius 1 is 1.12 bits per heavy atom. The van der Waals surface area contributed by atoms with Crippen molar-refractivity contribution in [3.8, 4) is 17.2 Å². The number of hydrogen-bond donors (Lipinski definition) is 2. The summed E-state index contributed by atoms with van der Waals surface area (Å²) in [5, 5.41) is 2.84. The lowest BCUT2D eigenvalue weighted by Gasteiger charge is -2.22. The van der Waals surface area contributed by atoms with E-state index >= 15 is 0 Å². The van der Waals surface area contributed by atoms with Crippen LogP contribution in [0, 0.1) is 0 Å². The molecule has 0 aliphatic rings. The number of nitrogens with one attached hydrogen (secondary N) is 1. The first-order valence-electron chi connectivity index (χ1n) is 7.97. The number of nitrogens with two attached hydrogens (primary N) is 1. The quantitative estimate of drug-likeness (QED) is 0.807.